The Balaban J connectivity index is 1.91. The quantitative estimate of drug-likeness (QED) is 0.832. The molecule has 2 aromatic carbocycles. The van der Waals surface area contributed by atoms with Crippen LogP contribution in [-0.2, 0) is 14.9 Å². The molecule has 0 saturated carbocycles. The van der Waals surface area contributed by atoms with Crippen molar-refractivity contribution in [2.45, 2.75) is 31.3 Å². The van der Waals surface area contributed by atoms with Crippen molar-refractivity contribution in [2.75, 3.05) is 26.3 Å². The lowest BCUT2D eigenvalue weighted by Gasteiger charge is -2.44. The van der Waals surface area contributed by atoms with E-state index in [-0.39, 0.29) is 17.9 Å². The van der Waals surface area contributed by atoms with Crippen molar-refractivity contribution in [3.8, 4) is 0 Å². The van der Waals surface area contributed by atoms with Crippen LogP contribution in [0.1, 0.15) is 30.9 Å². The molecule has 0 spiro atoms. The molecule has 1 fully saturated rings. The topological polar surface area (TPSA) is 49.8 Å². The lowest BCUT2D eigenvalue weighted by molar-refractivity contribution is -0.137. The summed E-state index contributed by atoms with van der Waals surface area (Å²) in [5.41, 5.74) is 2.17. The van der Waals surface area contributed by atoms with E-state index < -0.39 is 6.10 Å². The van der Waals surface area contributed by atoms with Gasteiger partial charge in [0.25, 0.3) is 0 Å². The first-order valence-corrected chi connectivity index (χ1v) is 9.30. The summed E-state index contributed by atoms with van der Waals surface area (Å²) in [6.45, 7) is 3.59. The van der Waals surface area contributed by atoms with Crippen LogP contribution in [0.5, 0.6) is 0 Å². The lowest BCUT2D eigenvalue weighted by atomic mass is 9.69. The third-order valence-corrected chi connectivity index (χ3v) is 5.18. The molecule has 1 aliphatic heterocycles. The molecule has 26 heavy (non-hydrogen) atoms. The summed E-state index contributed by atoms with van der Waals surface area (Å²) in [6, 6.07) is 20.8. The smallest absolute Gasteiger partial charge is 0.222 e. The summed E-state index contributed by atoms with van der Waals surface area (Å²) in [5.74, 6) is 0.100. The molecule has 0 aromatic heterocycles. The average molecular weight is 353 g/mol. The van der Waals surface area contributed by atoms with E-state index in [4.69, 9.17) is 4.74 Å². The zero-order chi connectivity index (χ0) is 18.4. The molecule has 0 radical (unpaired) electrons. The third-order valence-electron chi connectivity index (χ3n) is 5.18. The zero-order valence-electron chi connectivity index (χ0n) is 15.3. The van der Waals surface area contributed by atoms with Crippen molar-refractivity contribution < 1.29 is 14.6 Å². The summed E-state index contributed by atoms with van der Waals surface area (Å²) in [7, 11) is 0. The molecule has 1 heterocycles. The van der Waals surface area contributed by atoms with E-state index in [1.54, 1.807) is 4.90 Å². The van der Waals surface area contributed by atoms with Gasteiger partial charge in [0, 0.05) is 31.5 Å². The van der Waals surface area contributed by atoms with Crippen molar-refractivity contribution in [3.05, 3.63) is 71.8 Å². The van der Waals surface area contributed by atoms with Crippen LogP contribution in [0.2, 0.25) is 0 Å². The number of piperidine rings is 1. The van der Waals surface area contributed by atoms with Gasteiger partial charge >= 0.3 is 0 Å². The van der Waals surface area contributed by atoms with Crippen LogP contribution in [-0.4, -0.2) is 48.3 Å². The van der Waals surface area contributed by atoms with Gasteiger partial charge in [0.1, 0.15) is 0 Å². The highest BCUT2D eigenvalue weighted by Crippen LogP contribution is 2.40. The van der Waals surface area contributed by atoms with Crippen molar-refractivity contribution in [2.24, 2.45) is 0 Å². The molecule has 1 atom stereocenters. The molecular formula is C22H27NO3. The Morgan fingerprint density at radius 2 is 1.65 bits per heavy atom. The molecular weight excluding hydrogens is 326 g/mol. The fourth-order valence-electron chi connectivity index (χ4n) is 3.85. The van der Waals surface area contributed by atoms with E-state index in [1.807, 2.05) is 43.3 Å². The van der Waals surface area contributed by atoms with Crippen LogP contribution in [0.25, 0.3) is 0 Å². The second-order valence-electron chi connectivity index (χ2n) is 6.90. The number of carbonyl (C=O) groups excluding carboxylic acids is 1. The van der Waals surface area contributed by atoms with Gasteiger partial charge in [-0.2, -0.15) is 0 Å². The Labute approximate surface area is 155 Å². The van der Waals surface area contributed by atoms with Crippen molar-refractivity contribution in [3.63, 3.8) is 0 Å². The van der Waals surface area contributed by atoms with Gasteiger partial charge in [-0.3, -0.25) is 4.79 Å². The number of benzene rings is 2. The zero-order valence-corrected chi connectivity index (χ0v) is 15.3. The Morgan fingerprint density at radius 1 is 1.08 bits per heavy atom. The number of β-amino-alcohol motifs (C(OH)–C–C–N with tert-alkyl or cyclic N) is 1. The Bertz CT molecular complexity index is 662. The molecule has 1 saturated heterocycles. The molecule has 2 aromatic rings. The number of carbonyl (C=O) groups is 1. The molecule has 1 N–H and O–H groups in total. The molecule has 1 amide bonds. The van der Waals surface area contributed by atoms with Crippen LogP contribution < -0.4 is 0 Å². The monoisotopic (exact) mass is 353 g/mol. The predicted molar refractivity (Wildman–Crippen MR) is 102 cm³/mol. The maximum atomic E-state index is 12.5. The van der Waals surface area contributed by atoms with Gasteiger partial charge < -0.3 is 14.7 Å². The van der Waals surface area contributed by atoms with E-state index >= 15 is 0 Å². The number of aliphatic hydroxyl groups is 1. The summed E-state index contributed by atoms with van der Waals surface area (Å²) >= 11 is 0. The van der Waals surface area contributed by atoms with Crippen LogP contribution in [0.15, 0.2) is 60.7 Å². The van der Waals surface area contributed by atoms with Gasteiger partial charge in [-0.05, 0) is 24.5 Å². The van der Waals surface area contributed by atoms with E-state index in [9.17, 15) is 9.90 Å². The lowest BCUT2D eigenvalue weighted by Crippen LogP contribution is -2.52. The van der Waals surface area contributed by atoms with E-state index in [1.165, 1.54) is 11.1 Å². The van der Waals surface area contributed by atoms with Crippen LogP contribution >= 0.6 is 0 Å². The standard InChI is InChI=1S/C22H27NO3/c1-2-26-16-20(24)15-23-17-22(14-13-21(23)25,18-9-5-3-6-10-18)19-11-7-4-8-12-19/h3-12,20,24H,2,13-17H2,1H3. The van der Waals surface area contributed by atoms with Gasteiger partial charge in [0.05, 0.1) is 12.7 Å². The fraction of sp³-hybridized carbons (Fsp3) is 0.409. The SMILES string of the molecule is CCOCC(O)CN1CC(c2ccccc2)(c2ccccc2)CCC1=O. The van der Waals surface area contributed by atoms with Gasteiger partial charge in [0.15, 0.2) is 0 Å². The summed E-state index contributed by atoms with van der Waals surface area (Å²) in [4.78, 5) is 14.3. The average Bonchev–Trinajstić information content (AvgIpc) is 2.69. The number of hydrogen-bond donors (Lipinski definition) is 1. The third kappa shape index (κ3) is 3.97. The van der Waals surface area contributed by atoms with Crippen molar-refractivity contribution in [1.82, 2.24) is 4.90 Å². The predicted octanol–water partition coefficient (Wildman–Crippen LogP) is 2.99. The van der Waals surface area contributed by atoms with Gasteiger partial charge in [0.2, 0.25) is 5.91 Å². The minimum absolute atomic E-state index is 0.100. The Hall–Kier alpha value is -2.17. The number of rotatable bonds is 7. The van der Waals surface area contributed by atoms with Gasteiger partial charge in [-0.15, -0.1) is 0 Å². The normalized spacial score (nSPS) is 17.9. The number of aliphatic hydroxyl groups excluding tert-OH is 1. The van der Waals surface area contributed by atoms with Crippen LogP contribution in [0.3, 0.4) is 0 Å². The summed E-state index contributed by atoms with van der Waals surface area (Å²) in [5, 5.41) is 10.2. The molecule has 4 heteroatoms. The minimum atomic E-state index is -0.666. The first kappa shape index (κ1) is 18.6. The molecule has 4 nitrogen and oxygen atoms in total. The van der Waals surface area contributed by atoms with Crippen LogP contribution in [0, 0.1) is 0 Å². The Kier molecular flexibility index (Phi) is 6.07. The van der Waals surface area contributed by atoms with Gasteiger partial charge in [-0.1, -0.05) is 60.7 Å². The Morgan fingerprint density at radius 3 is 2.19 bits per heavy atom. The van der Waals surface area contributed by atoms with Crippen molar-refractivity contribution in [1.29, 1.82) is 0 Å². The summed E-state index contributed by atoms with van der Waals surface area (Å²) in [6.07, 6.45) is 0.588. The maximum Gasteiger partial charge on any atom is 0.222 e. The number of nitrogens with zero attached hydrogens (tertiary/aromatic N) is 1. The highest BCUT2D eigenvalue weighted by Gasteiger charge is 2.41. The number of amides is 1. The van der Waals surface area contributed by atoms with Gasteiger partial charge in [-0.25, -0.2) is 0 Å². The first-order valence-electron chi connectivity index (χ1n) is 9.30. The minimum Gasteiger partial charge on any atom is -0.389 e. The number of likely N-dealkylation sites (tertiary alicyclic amines) is 1. The largest absolute Gasteiger partial charge is 0.389 e. The van der Waals surface area contributed by atoms with Crippen molar-refractivity contribution >= 4 is 5.91 Å². The first-order chi connectivity index (χ1) is 12.7. The number of hydrogen-bond acceptors (Lipinski definition) is 3. The molecule has 3 rings (SSSR count). The molecule has 0 bridgehead atoms. The molecule has 0 aliphatic carbocycles. The fourth-order valence-corrected chi connectivity index (χ4v) is 3.85. The second kappa shape index (κ2) is 8.47. The molecule has 138 valence electrons. The van der Waals surface area contributed by atoms with E-state index in [2.05, 4.69) is 24.3 Å². The maximum absolute atomic E-state index is 12.5. The second-order valence-corrected chi connectivity index (χ2v) is 6.90. The molecule has 1 unspecified atom stereocenters. The highest BCUT2D eigenvalue weighted by molar-refractivity contribution is 5.78. The van der Waals surface area contributed by atoms with Crippen LogP contribution in [0.4, 0.5) is 0 Å². The summed E-state index contributed by atoms with van der Waals surface area (Å²) < 4.78 is 5.31. The molecule has 1 aliphatic rings. The highest BCUT2D eigenvalue weighted by atomic mass is 16.5. The van der Waals surface area contributed by atoms with E-state index in [0.29, 0.717) is 26.1 Å². The number of ether oxygens (including phenoxy) is 1. The van der Waals surface area contributed by atoms with E-state index in [0.717, 1.165) is 6.42 Å².